The highest BCUT2D eigenvalue weighted by Crippen LogP contribution is 2.29. The van der Waals surface area contributed by atoms with Gasteiger partial charge in [0.1, 0.15) is 0 Å². The van der Waals surface area contributed by atoms with Crippen molar-refractivity contribution < 1.29 is 27.9 Å². The standard InChI is InChI=1S/C10H14F3NO3/c1-5-2-3-6(8(15)16)4-7(5)14-9(17)10(11,12)13/h5-7H,2-4H2,1H3,(H,14,17)(H,15,16). The largest absolute Gasteiger partial charge is 0.481 e. The molecular weight excluding hydrogens is 239 g/mol. The quantitative estimate of drug-likeness (QED) is 0.784. The summed E-state index contributed by atoms with van der Waals surface area (Å²) in [5, 5.41) is 10.7. The van der Waals surface area contributed by atoms with E-state index in [0.717, 1.165) is 0 Å². The number of carboxylic acids is 1. The van der Waals surface area contributed by atoms with Crippen molar-refractivity contribution in [3.05, 3.63) is 0 Å². The van der Waals surface area contributed by atoms with Crippen molar-refractivity contribution in [1.29, 1.82) is 0 Å². The van der Waals surface area contributed by atoms with Crippen molar-refractivity contribution in [2.24, 2.45) is 11.8 Å². The van der Waals surface area contributed by atoms with Crippen LogP contribution in [0.2, 0.25) is 0 Å². The average molecular weight is 253 g/mol. The Labute approximate surface area is 96.2 Å². The Kier molecular flexibility index (Phi) is 4.00. The number of aliphatic carboxylic acids is 1. The lowest BCUT2D eigenvalue weighted by Gasteiger charge is -2.33. The van der Waals surface area contributed by atoms with Gasteiger partial charge in [-0.15, -0.1) is 0 Å². The summed E-state index contributed by atoms with van der Waals surface area (Å²) >= 11 is 0. The van der Waals surface area contributed by atoms with Crippen LogP contribution < -0.4 is 5.32 Å². The molecule has 0 heterocycles. The Morgan fingerprint density at radius 3 is 2.35 bits per heavy atom. The molecule has 1 amide bonds. The molecule has 1 aliphatic rings. The Morgan fingerprint density at radius 1 is 1.29 bits per heavy atom. The third-order valence-corrected chi connectivity index (χ3v) is 3.12. The number of hydrogen-bond acceptors (Lipinski definition) is 2. The first-order chi connectivity index (χ1) is 7.71. The van der Waals surface area contributed by atoms with Gasteiger partial charge in [-0.2, -0.15) is 13.2 Å². The van der Waals surface area contributed by atoms with Crippen LogP contribution in [0.25, 0.3) is 0 Å². The smallest absolute Gasteiger partial charge is 0.471 e. The summed E-state index contributed by atoms with van der Waals surface area (Å²) in [6, 6.07) is -0.723. The maximum absolute atomic E-state index is 12.1. The van der Waals surface area contributed by atoms with E-state index in [1.54, 1.807) is 6.92 Å². The molecule has 0 radical (unpaired) electrons. The molecule has 0 spiro atoms. The summed E-state index contributed by atoms with van der Waals surface area (Å²) in [5.41, 5.74) is 0. The monoisotopic (exact) mass is 253 g/mol. The third-order valence-electron chi connectivity index (χ3n) is 3.12. The maximum Gasteiger partial charge on any atom is 0.471 e. The van der Waals surface area contributed by atoms with E-state index in [0.29, 0.717) is 12.8 Å². The Hall–Kier alpha value is -1.27. The van der Waals surface area contributed by atoms with Gasteiger partial charge in [-0.25, -0.2) is 0 Å². The van der Waals surface area contributed by atoms with E-state index < -0.39 is 30.0 Å². The minimum Gasteiger partial charge on any atom is -0.481 e. The van der Waals surface area contributed by atoms with Crippen LogP contribution in [0.3, 0.4) is 0 Å². The van der Waals surface area contributed by atoms with E-state index in [1.807, 2.05) is 5.32 Å². The van der Waals surface area contributed by atoms with E-state index in [1.165, 1.54) is 0 Å². The number of carboxylic acid groups (broad SMARTS) is 1. The lowest BCUT2D eigenvalue weighted by atomic mass is 9.79. The van der Waals surface area contributed by atoms with Gasteiger partial charge in [-0.3, -0.25) is 9.59 Å². The van der Waals surface area contributed by atoms with Crippen LogP contribution in [0, 0.1) is 11.8 Å². The molecule has 0 saturated heterocycles. The number of amides is 1. The molecule has 1 fully saturated rings. The fourth-order valence-electron chi connectivity index (χ4n) is 2.00. The number of rotatable bonds is 2. The molecule has 4 nitrogen and oxygen atoms in total. The van der Waals surface area contributed by atoms with Gasteiger partial charge in [0.15, 0.2) is 0 Å². The summed E-state index contributed by atoms with van der Waals surface area (Å²) in [5.74, 6) is -3.84. The lowest BCUT2D eigenvalue weighted by Crippen LogP contribution is -2.48. The minimum atomic E-state index is -4.92. The second-order valence-corrected chi connectivity index (χ2v) is 4.40. The maximum atomic E-state index is 12.1. The van der Waals surface area contributed by atoms with Crippen LogP contribution in [0.4, 0.5) is 13.2 Å². The predicted molar refractivity (Wildman–Crippen MR) is 52.1 cm³/mol. The molecule has 0 aromatic carbocycles. The molecule has 2 N–H and O–H groups in total. The van der Waals surface area contributed by atoms with E-state index in [2.05, 4.69) is 0 Å². The first-order valence-corrected chi connectivity index (χ1v) is 5.32. The molecule has 98 valence electrons. The normalized spacial score (nSPS) is 29.8. The number of carbonyl (C=O) groups excluding carboxylic acids is 1. The topological polar surface area (TPSA) is 66.4 Å². The van der Waals surface area contributed by atoms with E-state index in [-0.39, 0.29) is 12.3 Å². The lowest BCUT2D eigenvalue weighted by molar-refractivity contribution is -0.175. The molecule has 7 heteroatoms. The first kappa shape index (κ1) is 13.8. The molecule has 3 atom stereocenters. The second kappa shape index (κ2) is 4.93. The van der Waals surface area contributed by atoms with E-state index >= 15 is 0 Å². The van der Waals surface area contributed by atoms with Gasteiger partial charge in [-0.05, 0) is 25.2 Å². The zero-order valence-electron chi connectivity index (χ0n) is 9.25. The third kappa shape index (κ3) is 3.61. The van der Waals surface area contributed by atoms with Crippen molar-refractivity contribution >= 4 is 11.9 Å². The SMILES string of the molecule is CC1CCC(C(=O)O)CC1NC(=O)C(F)(F)F. The highest BCUT2D eigenvalue weighted by atomic mass is 19.4. The molecule has 1 saturated carbocycles. The molecular formula is C10H14F3NO3. The molecule has 1 rings (SSSR count). The molecule has 17 heavy (non-hydrogen) atoms. The zero-order chi connectivity index (χ0) is 13.2. The van der Waals surface area contributed by atoms with Gasteiger partial charge in [0.05, 0.1) is 5.92 Å². The predicted octanol–water partition coefficient (Wildman–Crippen LogP) is 1.55. The number of carbonyl (C=O) groups is 2. The fraction of sp³-hybridized carbons (Fsp3) is 0.800. The van der Waals surface area contributed by atoms with Crippen molar-refractivity contribution in [3.8, 4) is 0 Å². The summed E-state index contributed by atoms with van der Waals surface area (Å²) in [6.45, 7) is 1.71. The Balaban J connectivity index is 2.62. The molecule has 0 aromatic rings. The van der Waals surface area contributed by atoms with Crippen LogP contribution in [0.5, 0.6) is 0 Å². The number of halogens is 3. The summed E-state index contributed by atoms with van der Waals surface area (Å²) in [4.78, 5) is 21.5. The van der Waals surface area contributed by atoms with Gasteiger partial charge >= 0.3 is 18.1 Å². The average Bonchev–Trinajstić information content (AvgIpc) is 2.19. The molecule has 1 aliphatic carbocycles. The van der Waals surface area contributed by atoms with Gasteiger partial charge in [-0.1, -0.05) is 6.92 Å². The van der Waals surface area contributed by atoms with Crippen LogP contribution in [0.15, 0.2) is 0 Å². The van der Waals surface area contributed by atoms with Gasteiger partial charge in [0.25, 0.3) is 0 Å². The number of alkyl halides is 3. The summed E-state index contributed by atoms with van der Waals surface area (Å²) in [7, 11) is 0. The van der Waals surface area contributed by atoms with Crippen molar-refractivity contribution in [2.45, 2.75) is 38.4 Å². The summed E-state index contributed by atoms with van der Waals surface area (Å²) in [6.07, 6.45) is -3.93. The van der Waals surface area contributed by atoms with E-state index in [4.69, 9.17) is 5.11 Å². The molecule has 3 unspecified atom stereocenters. The Morgan fingerprint density at radius 2 is 1.88 bits per heavy atom. The van der Waals surface area contributed by atoms with Crippen LogP contribution in [-0.4, -0.2) is 29.2 Å². The van der Waals surface area contributed by atoms with Crippen LogP contribution in [-0.2, 0) is 9.59 Å². The van der Waals surface area contributed by atoms with Crippen molar-refractivity contribution in [1.82, 2.24) is 5.32 Å². The van der Waals surface area contributed by atoms with Crippen LogP contribution >= 0.6 is 0 Å². The van der Waals surface area contributed by atoms with Gasteiger partial charge in [0.2, 0.25) is 0 Å². The molecule has 0 bridgehead atoms. The van der Waals surface area contributed by atoms with Gasteiger partial charge < -0.3 is 10.4 Å². The molecule has 0 aliphatic heterocycles. The van der Waals surface area contributed by atoms with Crippen LogP contribution in [0.1, 0.15) is 26.2 Å². The Bertz CT molecular complexity index is 316. The number of hydrogen-bond donors (Lipinski definition) is 2. The van der Waals surface area contributed by atoms with Crippen molar-refractivity contribution in [3.63, 3.8) is 0 Å². The first-order valence-electron chi connectivity index (χ1n) is 5.32. The fourth-order valence-corrected chi connectivity index (χ4v) is 2.00. The summed E-state index contributed by atoms with van der Waals surface area (Å²) < 4.78 is 36.2. The van der Waals surface area contributed by atoms with Gasteiger partial charge in [0, 0.05) is 6.04 Å². The molecule has 0 aromatic heterocycles. The second-order valence-electron chi connectivity index (χ2n) is 4.40. The van der Waals surface area contributed by atoms with Crippen molar-refractivity contribution in [2.75, 3.05) is 0 Å². The van der Waals surface area contributed by atoms with E-state index in [9.17, 15) is 22.8 Å². The number of nitrogens with one attached hydrogen (secondary N) is 1. The zero-order valence-corrected chi connectivity index (χ0v) is 9.25. The highest BCUT2D eigenvalue weighted by Gasteiger charge is 2.42. The minimum absolute atomic E-state index is 0.0539. The highest BCUT2D eigenvalue weighted by molar-refractivity contribution is 5.82.